The molecule has 0 radical (unpaired) electrons. The van der Waals surface area contributed by atoms with E-state index in [0.717, 1.165) is 6.08 Å². The van der Waals surface area contributed by atoms with E-state index in [4.69, 9.17) is 4.74 Å². The molecule has 0 heterocycles. The molecule has 0 bridgehead atoms. The molecular formula is C13H15N3O5. The van der Waals surface area contributed by atoms with Crippen LogP contribution in [0.3, 0.4) is 0 Å². The summed E-state index contributed by atoms with van der Waals surface area (Å²) in [6, 6.07) is 5.81. The van der Waals surface area contributed by atoms with Gasteiger partial charge < -0.3 is 4.74 Å². The molecule has 0 unspecified atom stereocenters. The molecule has 0 spiro atoms. The summed E-state index contributed by atoms with van der Waals surface area (Å²) < 4.78 is 4.85. The number of benzene rings is 1. The van der Waals surface area contributed by atoms with E-state index in [-0.39, 0.29) is 12.3 Å². The van der Waals surface area contributed by atoms with Gasteiger partial charge in [-0.2, -0.15) is 0 Å². The third-order valence-electron chi connectivity index (χ3n) is 2.27. The van der Waals surface area contributed by atoms with Crippen molar-refractivity contribution in [2.45, 2.75) is 6.92 Å². The van der Waals surface area contributed by atoms with Crippen LogP contribution in [0.1, 0.15) is 12.5 Å². The number of hydrazine groups is 1. The van der Waals surface area contributed by atoms with Crippen molar-refractivity contribution in [2.75, 3.05) is 13.2 Å². The van der Waals surface area contributed by atoms with Crippen LogP contribution in [0.15, 0.2) is 30.3 Å². The van der Waals surface area contributed by atoms with Crippen molar-refractivity contribution in [3.05, 3.63) is 46.0 Å². The number of rotatable bonds is 6. The standard InChI is InChI=1S/C13H15N3O5/c1-2-21-9-13(18)15-14-12(17)7-6-10-4-3-5-11(8-10)16(19)20/h3-8H,2,9H2,1H3,(H,14,17)(H,15,18)/b7-6+. The number of nitrogens with zero attached hydrogens (tertiary/aromatic N) is 1. The molecule has 8 nitrogen and oxygen atoms in total. The highest BCUT2D eigenvalue weighted by Crippen LogP contribution is 2.13. The van der Waals surface area contributed by atoms with Crippen molar-refractivity contribution in [3.63, 3.8) is 0 Å². The number of non-ortho nitro benzene ring substituents is 1. The Morgan fingerprint density at radius 1 is 1.38 bits per heavy atom. The van der Waals surface area contributed by atoms with E-state index in [1.54, 1.807) is 13.0 Å². The SMILES string of the molecule is CCOCC(=O)NNC(=O)/C=C/c1cccc([N+](=O)[O-])c1. The average molecular weight is 293 g/mol. The predicted molar refractivity (Wildman–Crippen MR) is 74.9 cm³/mol. The van der Waals surface area contributed by atoms with Crippen molar-refractivity contribution in [2.24, 2.45) is 0 Å². The fourth-order valence-electron chi connectivity index (χ4n) is 1.32. The maximum Gasteiger partial charge on any atom is 0.270 e. The van der Waals surface area contributed by atoms with Crippen LogP contribution >= 0.6 is 0 Å². The highest BCUT2D eigenvalue weighted by atomic mass is 16.6. The van der Waals surface area contributed by atoms with Crippen molar-refractivity contribution in [1.82, 2.24) is 10.9 Å². The van der Waals surface area contributed by atoms with Gasteiger partial charge in [0.05, 0.1) is 4.92 Å². The minimum Gasteiger partial charge on any atom is -0.372 e. The lowest BCUT2D eigenvalue weighted by molar-refractivity contribution is -0.384. The van der Waals surface area contributed by atoms with Gasteiger partial charge in [-0.1, -0.05) is 12.1 Å². The lowest BCUT2D eigenvalue weighted by Crippen LogP contribution is -2.42. The summed E-state index contributed by atoms with van der Waals surface area (Å²) in [4.78, 5) is 32.7. The van der Waals surface area contributed by atoms with E-state index < -0.39 is 16.7 Å². The minimum atomic E-state index is -0.564. The molecule has 0 aliphatic heterocycles. The molecule has 21 heavy (non-hydrogen) atoms. The normalized spacial score (nSPS) is 10.3. The Morgan fingerprint density at radius 2 is 2.14 bits per heavy atom. The highest BCUT2D eigenvalue weighted by Gasteiger charge is 2.04. The van der Waals surface area contributed by atoms with Crippen LogP contribution in [0.5, 0.6) is 0 Å². The second-order valence-corrected chi connectivity index (χ2v) is 3.86. The van der Waals surface area contributed by atoms with Crippen LogP contribution in [-0.2, 0) is 14.3 Å². The first-order valence-electron chi connectivity index (χ1n) is 6.12. The van der Waals surface area contributed by atoms with Crippen LogP contribution < -0.4 is 10.9 Å². The Kier molecular flexibility index (Phi) is 6.55. The van der Waals surface area contributed by atoms with Gasteiger partial charge in [-0.05, 0) is 18.6 Å². The Morgan fingerprint density at radius 3 is 2.81 bits per heavy atom. The Balaban J connectivity index is 2.49. The molecule has 2 amide bonds. The molecule has 0 saturated heterocycles. The largest absolute Gasteiger partial charge is 0.372 e. The summed E-state index contributed by atoms with van der Waals surface area (Å²) in [6.07, 6.45) is 2.55. The van der Waals surface area contributed by atoms with Crippen LogP contribution in [0, 0.1) is 10.1 Å². The third-order valence-corrected chi connectivity index (χ3v) is 2.27. The summed E-state index contributed by atoms with van der Waals surface area (Å²) >= 11 is 0. The lowest BCUT2D eigenvalue weighted by atomic mass is 10.2. The molecule has 1 rings (SSSR count). The zero-order valence-electron chi connectivity index (χ0n) is 11.4. The first-order chi connectivity index (χ1) is 10.0. The molecule has 0 fully saturated rings. The molecule has 0 atom stereocenters. The molecule has 1 aromatic rings. The van der Waals surface area contributed by atoms with E-state index in [1.165, 1.54) is 24.3 Å². The van der Waals surface area contributed by atoms with E-state index in [1.807, 2.05) is 0 Å². The number of nitrogens with one attached hydrogen (secondary N) is 2. The fraction of sp³-hybridized carbons (Fsp3) is 0.231. The third kappa shape index (κ3) is 6.30. The Hall–Kier alpha value is -2.74. The quantitative estimate of drug-likeness (QED) is 0.457. The van der Waals surface area contributed by atoms with E-state index in [0.29, 0.717) is 12.2 Å². The fourth-order valence-corrected chi connectivity index (χ4v) is 1.32. The average Bonchev–Trinajstić information content (AvgIpc) is 2.49. The van der Waals surface area contributed by atoms with Gasteiger partial charge in [-0.3, -0.25) is 30.6 Å². The molecule has 2 N–H and O–H groups in total. The van der Waals surface area contributed by atoms with E-state index >= 15 is 0 Å². The second-order valence-electron chi connectivity index (χ2n) is 3.86. The van der Waals surface area contributed by atoms with Crippen LogP contribution in [-0.4, -0.2) is 30.0 Å². The number of ether oxygens (including phenoxy) is 1. The Labute approximate surface area is 120 Å². The van der Waals surface area contributed by atoms with Crippen molar-refractivity contribution >= 4 is 23.6 Å². The molecule has 0 saturated carbocycles. The molecule has 0 aromatic heterocycles. The van der Waals surface area contributed by atoms with Crippen LogP contribution in [0.4, 0.5) is 5.69 Å². The molecule has 112 valence electrons. The van der Waals surface area contributed by atoms with Gasteiger partial charge in [-0.25, -0.2) is 0 Å². The number of carbonyl (C=O) groups is 2. The number of amides is 2. The maximum absolute atomic E-state index is 11.4. The van der Waals surface area contributed by atoms with Crippen LogP contribution in [0.25, 0.3) is 6.08 Å². The monoisotopic (exact) mass is 293 g/mol. The number of nitro benzene ring substituents is 1. The zero-order valence-corrected chi connectivity index (χ0v) is 11.4. The van der Waals surface area contributed by atoms with Gasteiger partial charge in [0, 0.05) is 24.8 Å². The summed E-state index contributed by atoms with van der Waals surface area (Å²) in [6.45, 7) is 1.99. The lowest BCUT2D eigenvalue weighted by Gasteiger charge is -2.04. The molecule has 8 heteroatoms. The van der Waals surface area contributed by atoms with Gasteiger partial charge in [0.25, 0.3) is 17.5 Å². The van der Waals surface area contributed by atoms with Gasteiger partial charge in [0.2, 0.25) is 0 Å². The second kappa shape index (κ2) is 8.43. The summed E-state index contributed by atoms with van der Waals surface area (Å²) in [5.41, 5.74) is 4.75. The first-order valence-corrected chi connectivity index (χ1v) is 6.12. The molecule has 0 aliphatic rings. The van der Waals surface area contributed by atoms with E-state index in [9.17, 15) is 19.7 Å². The van der Waals surface area contributed by atoms with Gasteiger partial charge in [-0.15, -0.1) is 0 Å². The topological polar surface area (TPSA) is 111 Å². The Bertz CT molecular complexity index is 556. The van der Waals surface area contributed by atoms with E-state index in [2.05, 4.69) is 10.9 Å². The number of nitro groups is 1. The predicted octanol–water partition coefficient (Wildman–Crippen LogP) is 0.792. The minimum absolute atomic E-state index is 0.0671. The molecule has 1 aromatic carbocycles. The van der Waals surface area contributed by atoms with Crippen LogP contribution in [0.2, 0.25) is 0 Å². The summed E-state index contributed by atoms with van der Waals surface area (Å²) in [5.74, 6) is -1.04. The maximum atomic E-state index is 11.4. The van der Waals surface area contributed by atoms with Crippen molar-refractivity contribution in [1.29, 1.82) is 0 Å². The summed E-state index contributed by atoms with van der Waals surface area (Å²) in [5, 5.41) is 10.6. The first kappa shape index (κ1) is 16.3. The highest BCUT2D eigenvalue weighted by molar-refractivity contribution is 5.93. The van der Waals surface area contributed by atoms with Crippen molar-refractivity contribution < 1.29 is 19.2 Å². The van der Waals surface area contributed by atoms with Crippen molar-refractivity contribution in [3.8, 4) is 0 Å². The zero-order chi connectivity index (χ0) is 15.7. The molecular weight excluding hydrogens is 278 g/mol. The smallest absolute Gasteiger partial charge is 0.270 e. The van der Waals surface area contributed by atoms with Gasteiger partial charge in [0.15, 0.2) is 0 Å². The number of hydrogen-bond donors (Lipinski definition) is 2. The number of hydrogen-bond acceptors (Lipinski definition) is 5. The summed E-state index contributed by atoms with van der Waals surface area (Å²) in [7, 11) is 0. The molecule has 0 aliphatic carbocycles. The van der Waals surface area contributed by atoms with Gasteiger partial charge in [0.1, 0.15) is 6.61 Å². The number of carbonyl (C=O) groups excluding carboxylic acids is 2. The van der Waals surface area contributed by atoms with Gasteiger partial charge >= 0.3 is 0 Å².